The van der Waals surface area contributed by atoms with Crippen LogP contribution >= 0.6 is 11.6 Å². The van der Waals surface area contributed by atoms with Crippen LogP contribution in [-0.2, 0) is 4.79 Å². The molecule has 1 N–H and O–H groups in total. The Morgan fingerprint density at radius 1 is 1.48 bits per heavy atom. The number of aliphatic hydroxyl groups is 1. The molecule has 0 spiro atoms. The molecule has 1 aliphatic rings. The lowest BCUT2D eigenvalue weighted by atomic mass is 10.1. The number of carbonyl (C=O) groups is 1. The smallest absolute Gasteiger partial charge is 0.219 e. The summed E-state index contributed by atoms with van der Waals surface area (Å²) in [4.78, 5) is 15.4. The molecule has 1 heterocycles. The summed E-state index contributed by atoms with van der Waals surface area (Å²) >= 11 is 5.85. The first-order valence-corrected chi connectivity index (χ1v) is 7.71. The highest BCUT2D eigenvalue weighted by Gasteiger charge is 2.25. The quantitative estimate of drug-likeness (QED) is 0.906. The number of hydrogen-bond donors (Lipinski definition) is 1. The van der Waals surface area contributed by atoms with E-state index in [2.05, 4.69) is 4.90 Å². The Kier molecular flexibility index (Phi) is 5.62. The third kappa shape index (κ3) is 4.70. The van der Waals surface area contributed by atoms with Gasteiger partial charge in [-0.05, 0) is 37.1 Å². The van der Waals surface area contributed by atoms with Crippen LogP contribution in [0.1, 0.15) is 25.0 Å². The van der Waals surface area contributed by atoms with E-state index in [1.807, 2.05) is 24.1 Å². The Labute approximate surface area is 131 Å². The molecular formula is C16H23ClN2O2. The molecule has 0 saturated carbocycles. The maximum Gasteiger partial charge on any atom is 0.219 e. The van der Waals surface area contributed by atoms with Crippen LogP contribution in [0.3, 0.4) is 0 Å². The van der Waals surface area contributed by atoms with Gasteiger partial charge in [0, 0.05) is 38.1 Å². The predicted molar refractivity (Wildman–Crippen MR) is 84.3 cm³/mol. The molecule has 1 aromatic rings. The fourth-order valence-electron chi connectivity index (χ4n) is 2.87. The van der Waals surface area contributed by atoms with E-state index in [4.69, 9.17) is 11.6 Å². The number of likely N-dealkylation sites (tertiary alicyclic amines) is 1. The molecule has 0 aliphatic carbocycles. The molecule has 5 heteroatoms. The summed E-state index contributed by atoms with van der Waals surface area (Å²) in [6.45, 7) is 4.79. The molecule has 116 valence electrons. The van der Waals surface area contributed by atoms with Crippen molar-refractivity contribution in [3.05, 3.63) is 34.9 Å². The van der Waals surface area contributed by atoms with Crippen LogP contribution in [0.2, 0.25) is 5.02 Å². The second-order valence-electron chi connectivity index (χ2n) is 5.91. The van der Waals surface area contributed by atoms with Crippen LogP contribution in [0, 0.1) is 5.92 Å². The number of likely N-dealkylation sites (N-methyl/N-ethyl adjacent to an activating group) is 1. The van der Waals surface area contributed by atoms with Gasteiger partial charge in [-0.2, -0.15) is 0 Å². The van der Waals surface area contributed by atoms with E-state index in [-0.39, 0.29) is 5.91 Å². The van der Waals surface area contributed by atoms with E-state index >= 15 is 0 Å². The number of benzene rings is 1. The standard InChI is InChI=1S/C16H23ClN2O2/c1-12(20)19-8-7-13(10-19)9-18(2)11-16(21)14-3-5-15(17)6-4-14/h3-6,13,16,21H,7-11H2,1-2H3. The normalized spacial score (nSPS) is 20.0. The average molecular weight is 311 g/mol. The number of halogens is 1. The van der Waals surface area contributed by atoms with Crippen molar-refractivity contribution in [3.63, 3.8) is 0 Å². The number of aliphatic hydroxyl groups excluding tert-OH is 1. The summed E-state index contributed by atoms with van der Waals surface area (Å²) in [5.74, 6) is 0.651. The minimum absolute atomic E-state index is 0.154. The Bertz CT molecular complexity index is 478. The highest BCUT2D eigenvalue weighted by molar-refractivity contribution is 6.30. The molecule has 21 heavy (non-hydrogen) atoms. The molecule has 1 aromatic carbocycles. The summed E-state index contributed by atoms with van der Waals surface area (Å²) in [6, 6.07) is 7.30. The van der Waals surface area contributed by atoms with Crippen LogP contribution in [0.15, 0.2) is 24.3 Å². The zero-order chi connectivity index (χ0) is 15.4. The zero-order valence-electron chi connectivity index (χ0n) is 12.6. The molecule has 1 fully saturated rings. The molecule has 2 atom stereocenters. The van der Waals surface area contributed by atoms with Crippen molar-refractivity contribution in [1.82, 2.24) is 9.80 Å². The maximum atomic E-state index is 11.3. The molecule has 1 saturated heterocycles. The molecule has 2 unspecified atom stereocenters. The molecule has 0 bridgehead atoms. The first kappa shape index (κ1) is 16.3. The van der Waals surface area contributed by atoms with Crippen LogP contribution in [0.5, 0.6) is 0 Å². The lowest BCUT2D eigenvalue weighted by Gasteiger charge is -2.24. The molecule has 4 nitrogen and oxygen atoms in total. The highest BCUT2D eigenvalue weighted by Crippen LogP contribution is 2.20. The largest absolute Gasteiger partial charge is 0.387 e. The molecule has 1 amide bonds. The van der Waals surface area contributed by atoms with Crippen molar-refractivity contribution in [2.24, 2.45) is 5.92 Å². The predicted octanol–water partition coefficient (Wildman–Crippen LogP) is 2.17. The Hall–Kier alpha value is -1.10. The zero-order valence-corrected chi connectivity index (χ0v) is 13.4. The monoisotopic (exact) mass is 310 g/mol. The Morgan fingerprint density at radius 3 is 2.71 bits per heavy atom. The topological polar surface area (TPSA) is 43.8 Å². The number of amides is 1. The van der Waals surface area contributed by atoms with Crippen LogP contribution in [-0.4, -0.2) is 54.0 Å². The number of hydrogen-bond acceptors (Lipinski definition) is 3. The van der Waals surface area contributed by atoms with E-state index in [0.717, 1.165) is 31.6 Å². The van der Waals surface area contributed by atoms with Crippen molar-refractivity contribution in [1.29, 1.82) is 0 Å². The van der Waals surface area contributed by atoms with Gasteiger partial charge in [0.1, 0.15) is 0 Å². The van der Waals surface area contributed by atoms with Gasteiger partial charge in [0.15, 0.2) is 0 Å². The van der Waals surface area contributed by atoms with Gasteiger partial charge in [0.25, 0.3) is 0 Å². The number of carbonyl (C=O) groups excluding carboxylic acids is 1. The van der Waals surface area contributed by atoms with Crippen molar-refractivity contribution in [2.45, 2.75) is 19.4 Å². The summed E-state index contributed by atoms with van der Waals surface area (Å²) in [5.41, 5.74) is 0.878. The maximum absolute atomic E-state index is 11.3. The SMILES string of the molecule is CC(=O)N1CCC(CN(C)CC(O)c2ccc(Cl)cc2)C1. The van der Waals surface area contributed by atoms with Gasteiger partial charge in [-0.1, -0.05) is 23.7 Å². The van der Waals surface area contributed by atoms with Crippen molar-refractivity contribution >= 4 is 17.5 Å². The van der Waals surface area contributed by atoms with Crippen LogP contribution in [0.4, 0.5) is 0 Å². The summed E-state index contributed by atoms with van der Waals surface area (Å²) in [5, 5.41) is 10.9. The number of rotatable bonds is 5. The average Bonchev–Trinajstić information content (AvgIpc) is 2.87. The first-order chi connectivity index (χ1) is 9.95. The summed E-state index contributed by atoms with van der Waals surface area (Å²) < 4.78 is 0. The Balaban J connectivity index is 1.80. The highest BCUT2D eigenvalue weighted by atomic mass is 35.5. The lowest BCUT2D eigenvalue weighted by molar-refractivity contribution is -0.127. The van der Waals surface area contributed by atoms with Gasteiger partial charge in [-0.25, -0.2) is 0 Å². The van der Waals surface area contributed by atoms with Gasteiger partial charge >= 0.3 is 0 Å². The molecular weight excluding hydrogens is 288 g/mol. The van der Waals surface area contributed by atoms with E-state index in [0.29, 0.717) is 17.5 Å². The Morgan fingerprint density at radius 2 is 2.14 bits per heavy atom. The fourth-order valence-corrected chi connectivity index (χ4v) is 2.99. The van der Waals surface area contributed by atoms with Crippen LogP contribution < -0.4 is 0 Å². The second-order valence-corrected chi connectivity index (χ2v) is 6.34. The summed E-state index contributed by atoms with van der Waals surface area (Å²) in [6.07, 6.45) is 0.526. The molecule has 0 aromatic heterocycles. The van der Waals surface area contributed by atoms with Crippen molar-refractivity contribution in [2.75, 3.05) is 33.2 Å². The third-order valence-electron chi connectivity index (χ3n) is 4.04. The van der Waals surface area contributed by atoms with E-state index in [9.17, 15) is 9.90 Å². The molecule has 0 radical (unpaired) electrons. The minimum Gasteiger partial charge on any atom is -0.387 e. The van der Waals surface area contributed by atoms with E-state index < -0.39 is 6.10 Å². The van der Waals surface area contributed by atoms with E-state index in [1.165, 1.54) is 0 Å². The van der Waals surface area contributed by atoms with E-state index in [1.54, 1.807) is 19.1 Å². The lowest BCUT2D eigenvalue weighted by Crippen LogP contribution is -2.32. The van der Waals surface area contributed by atoms with Gasteiger partial charge in [-0.3, -0.25) is 4.79 Å². The minimum atomic E-state index is -0.516. The fraction of sp³-hybridized carbons (Fsp3) is 0.562. The second kappa shape index (κ2) is 7.25. The van der Waals surface area contributed by atoms with Gasteiger partial charge in [0.2, 0.25) is 5.91 Å². The van der Waals surface area contributed by atoms with Crippen molar-refractivity contribution in [3.8, 4) is 0 Å². The summed E-state index contributed by atoms with van der Waals surface area (Å²) in [7, 11) is 2.01. The molecule has 1 aliphatic heterocycles. The van der Waals surface area contributed by atoms with Crippen molar-refractivity contribution < 1.29 is 9.90 Å². The first-order valence-electron chi connectivity index (χ1n) is 7.33. The molecule has 2 rings (SSSR count). The third-order valence-corrected chi connectivity index (χ3v) is 4.29. The van der Waals surface area contributed by atoms with Gasteiger partial charge in [0.05, 0.1) is 6.10 Å². The van der Waals surface area contributed by atoms with Crippen LogP contribution in [0.25, 0.3) is 0 Å². The van der Waals surface area contributed by atoms with Gasteiger partial charge in [-0.15, -0.1) is 0 Å². The number of nitrogens with zero attached hydrogens (tertiary/aromatic N) is 2. The van der Waals surface area contributed by atoms with Gasteiger partial charge < -0.3 is 14.9 Å².